The Morgan fingerprint density at radius 2 is 2.29 bits per heavy atom. The van der Waals surface area contributed by atoms with Crippen molar-refractivity contribution in [1.82, 2.24) is 10.3 Å². The normalized spacial score (nSPS) is 11.5. The largest absolute Gasteiger partial charge is 0.395 e. The van der Waals surface area contributed by atoms with Gasteiger partial charge in [-0.1, -0.05) is 0 Å². The first-order valence-corrected chi connectivity index (χ1v) is 5.76. The Labute approximate surface area is 82.7 Å². The van der Waals surface area contributed by atoms with E-state index in [1.807, 2.05) is 0 Å². The zero-order valence-electron chi connectivity index (χ0n) is 7.55. The maximum absolute atomic E-state index is 11.5. The van der Waals surface area contributed by atoms with Gasteiger partial charge in [0.15, 0.2) is 9.84 Å². The summed E-state index contributed by atoms with van der Waals surface area (Å²) in [6, 6.07) is 3.06. The first-order valence-electron chi connectivity index (χ1n) is 4.11. The third-order valence-corrected chi connectivity index (χ3v) is 3.12. The van der Waals surface area contributed by atoms with E-state index in [4.69, 9.17) is 5.11 Å². The zero-order chi connectivity index (χ0) is 10.4. The molecule has 0 aliphatic carbocycles. The molecule has 6 heteroatoms. The summed E-state index contributed by atoms with van der Waals surface area (Å²) in [6.45, 7) is 0.183. The van der Waals surface area contributed by atoms with E-state index in [9.17, 15) is 8.42 Å². The minimum Gasteiger partial charge on any atom is -0.395 e. The number of aliphatic hydroxyl groups is 1. The molecule has 0 radical (unpaired) electrons. The third kappa shape index (κ3) is 3.06. The van der Waals surface area contributed by atoms with E-state index in [0.717, 1.165) is 0 Å². The molecule has 0 aliphatic rings. The number of aliphatic hydroxyl groups excluding tert-OH is 1. The minimum atomic E-state index is -3.32. The van der Waals surface area contributed by atoms with Gasteiger partial charge < -0.3 is 10.4 Å². The van der Waals surface area contributed by atoms with Crippen molar-refractivity contribution in [3.8, 4) is 0 Å². The second-order valence-corrected chi connectivity index (χ2v) is 4.66. The Bertz CT molecular complexity index is 363. The molecule has 5 nitrogen and oxygen atoms in total. The van der Waals surface area contributed by atoms with Crippen molar-refractivity contribution in [3.05, 3.63) is 24.5 Å². The van der Waals surface area contributed by atoms with Gasteiger partial charge in [-0.15, -0.1) is 0 Å². The zero-order valence-corrected chi connectivity index (χ0v) is 8.37. The van der Waals surface area contributed by atoms with Gasteiger partial charge in [-0.25, -0.2) is 8.42 Å². The van der Waals surface area contributed by atoms with Crippen molar-refractivity contribution >= 4 is 9.84 Å². The van der Waals surface area contributed by atoms with Gasteiger partial charge in [0.2, 0.25) is 0 Å². The van der Waals surface area contributed by atoms with E-state index in [2.05, 4.69) is 10.3 Å². The summed E-state index contributed by atoms with van der Waals surface area (Å²) in [5.74, 6) is -0.181. The molecule has 0 saturated heterocycles. The smallest absolute Gasteiger partial charge is 0.192 e. The summed E-state index contributed by atoms with van der Waals surface area (Å²) < 4.78 is 23.0. The van der Waals surface area contributed by atoms with Crippen LogP contribution in [-0.4, -0.2) is 37.5 Å². The molecule has 1 rings (SSSR count). The minimum absolute atomic E-state index is 0.0808. The van der Waals surface area contributed by atoms with Crippen LogP contribution in [0, 0.1) is 0 Å². The van der Waals surface area contributed by atoms with Crippen molar-refractivity contribution in [2.24, 2.45) is 0 Å². The van der Waals surface area contributed by atoms with Gasteiger partial charge >= 0.3 is 0 Å². The standard InChI is InChI=1S/C8H12N2O3S/c11-5-4-10-7-14(12,13)8-2-1-3-9-6-8/h1-3,6,10-11H,4-5,7H2. The van der Waals surface area contributed by atoms with Crippen LogP contribution in [0.15, 0.2) is 29.4 Å². The highest BCUT2D eigenvalue weighted by molar-refractivity contribution is 7.91. The number of sulfone groups is 1. The molecular formula is C8H12N2O3S. The quantitative estimate of drug-likeness (QED) is 0.642. The lowest BCUT2D eigenvalue weighted by molar-refractivity contribution is 0.295. The van der Waals surface area contributed by atoms with E-state index < -0.39 is 9.84 Å². The number of pyridine rings is 1. The fraction of sp³-hybridized carbons (Fsp3) is 0.375. The molecule has 2 N–H and O–H groups in total. The maximum atomic E-state index is 11.5. The van der Waals surface area contributed by atoms with E-state index >= 15 is 0 Å². The molecule has 1 aromatic rings. The third-order valence-electron chi connectivity index (χ3n) is 1.57. The van der Waals surface area contributed by atoms with Crippen LogP contribution in [0.4, 0.5) is 0 Å². The SMILES string of the molecule is O=S(=O)(CNCCO)c1cccnc1. The Kier molecular flexibility index (Phi) is 3.99. The first-order chi connectivity index (χ1) is 6.67. The van der Waals surface area contributed by atoms with E-state index in [1.54, 1.807) is 6.07 Å². The van der Waals surface area contributed by atoms with Gasteiger partial charge in [0.25, 0.3) is 0 Å². The molecule has 0 amide bonds. The lowest BCUT2D eigenvalue weighted by Crippen LogP contribution is -2.25. The molecule has 1 heterocycles. The van der Waals surface area contributed by atoms with Crippen LogP contribution in [-0.2, 0) is 9.84 Å². The Morgan fingerprint density at radius 3 is 2.86 bits per heavy atom. The topological polar surface area (TPSA) is 79.3 Å². The molecule has 0 fully saturated rings. The number of nitrogens with zero attached hydrogens (tertiary/aromatic N) is 1. The van der Waals surface area contributed by atoms with Crippen molar-refractivity contribution in [1.29, 1.82) is 0 Å². The summed E-state index contributed by atoms with van der Waals surface area (Å²) >= 11 is 0. The second-order valence-electron chi connectivity index (χ2n) is 2.67. The second kappa shape index (κ2) is 5.04. The summed E-state index contributed by atoms with van der Waals surface area (Å²) in [7, 11) is -3.32. The maximum Gasteiger partial charge on any atom is 0.192 e. The first kappa shape index (κ1) is 11.1. The van der Waals surface area contributed by atoms with Gasteiger partial charge in [0, 0.05) is 18.9 Å². The molecule has 0 aromatic carbocycles. The molecule has 1 aromatic heterocycles. The summed E-state index contributed by atoms with van der Waals surface area (Å²) in [5, 5.41) is 11.1. The number of hydrogen-bond donors (Lipinski definition) is 2. The number of aromatic nitrogens is 1. The van der Waals surface area contributed by atoms with Crippen LogP contribution < -0.4 is 5.32 Å². The number of hydrogen-bond acceptors (Lipinski definition) is 5. The fourth-order valence-electron chi connectivity index (χ4n) is 0.900. The summed E-state index contributed by atoms with van der Waals surface area (Å²) in [5.41, 5.74) is 0. The molecule has 0 aliphatic heterocycles. The lowest BCUT2D eigenvalue weighted by atomic mass is 10.5. The van der Waals surface area contributed by atoms with Crippen LogP contribution in [0.5, 0.6) is 0 Å². The molecule has 14 heavy (non-hydrogen) atoms. The van der Waals surface area contributed by atoms with Gasteiger partial charge in [0.1, 0.15) is 5.88 Å². The number of rotatable bonds is 5. The predicted molar refractivity (Wildman–Crippen MR) is 51.4 cm³/mol. The highest BCUT2D eigenvalue weighted by Crippen LogP contribution is 2.06. The summed E-state index contributed by atoms with van der Waals surface area (Å²) in [6.07, 6.45) is 2.82. The van der Waals surface area contributed by atoms with Crippen LogP contribution in [0.3, 0.4) is 0 Å². The average Bonchev–Trinajstić information content (AvgIpc) is 2.19. The van der Waals surface area contributed by atoms with E-state index in [0.29, 0.717) is 0 Å². The average molecular weight is 216 g/mol. The van der Waals surface area contributed by atoms with Crippen molar-refractivity contribution in [2.75, 3.05) is 19.0 Å². The lowest BCUT2D eigenvalue weighted by Gasteiger charge is -2.04. The van der Waals surface area contributed by atoms with Crippen LogP contribution in [0.25, 0.3) is 0 Å². The molecule has 0 saturated carbocycles. The van der Waals surface area contributed by atoms with Gasteiger partial charge in [-0.2, -0.15) is 0 Å². The highest BCUT2D eigenvalue weighted by atomic mass is 32.2. The van der Waals surface area contributed by atoms with Crippen LogP contribution in [0.1, 0.15) is 0 Å². The molecule has 0 atom stereocenters. The molecule has 0 bridgehead atoms. The van der Waals surface area contributed by atoms with Gasteiger partial charge in [-0.05, 0) is 12.1 Å². The van der Waals surface area contributed by atoms with E-state index in [1.165, 1.54) is 18.5 Å². The Hall–Kier alpha value is -0.980. The molecule has 0 spiro atoms. The van der Waals surface area contributed by atoms with Crippen LogP contribution >= 0.6 is 0 Å². The van der Waals surface area contributed by atoms with E-state index in [-0.39, 0.29) is 23.9 Å². The Morgan fingerprint density at radius 1 is 1.50 bits per heavy atom. The molecule has 0 unspecified atom stereocenters. The van der Waals surface area contributed by atoms with Gasteiger partial charge in [-0.3, -0.25) is 4.98 Å². The van der Waals surface area contributed by atoms with Gasteiger partial charge in [0.05, 0.1) is 11.5 Å². The molecular weight excluding hydrogens is 204 g/mol. The monoisotopic (exact) mass is 216 g/mol. The Balaban J connectivity index is 2.67. The predicted octanol–water partition coefficient (Wildman–Crippen LogP) is -0.605. The van der Waals surface area contributed by atoms with Crippen molar-refractivity contribution in [3.63, 3.8) is 0 Å². The van der Waals surface area contributed by atoms with Crippen molar-refractivity contribution < 1.29 is 13.5 Å². The highest BCUT2D eigenvalue weighted by Gasteiger charge is 2.12. The molecule has 78 valence electrons. The fourth-order valence-corrected chi connectivity index (χ4v) is 1.99. The summed E-state index contributed by atoms with van der Waals surface area (Å²) in [4.78, 5) is 3.91. The van der Waals surface area contributed by atoms with Crippen molar-refractivity contribution in [2.45, 2.75) is 4.90 Å². The van der Waals surface area contributed by atoms with Crippen LogP contribution in [0.2, 0.25) is 0 Å². The number of nitrogens with one attached hydrogen (secondary N) is 1.